The Morgan fingerprint density at radius 2 is 1.80 bits per heavy atom. The summed E-state index contributed by atoms with van der Waals surface area (Å²) in [6.45, 7) is 8.80. The molecule has 1 aliphatic heterocycles. The number of hydrogen-bond acceptors (Lipinski definition) is 3. The monoisotopic (exact) mass is 282 g/mol. The van der Waals surface area contributed by atoms with Crippen LogP contribution in [0.4, 0.5) is 0 Å². The Labute approximate surface area is 122 Å². The Bertz CT molecular complexity index is 348. The molecule has 0 aromatic carbocycles. The Hall–Kier alpha value is -0.610. The number of carboxylic acid groups (broad SMARTS) is 1. The first-order valence-electron chi connectivity index (χ1n) is 7.99. The Morgan fingerprint density at radius 1 is 1.20 bits per heavy atom. The van der Waals surface area contributed by atoms with Crippen LogP contribution < -0.4 is 5.32 Å². The second-order valence-corrected chi connectivity index (χ2v) is 7.43. The van der Waals surface area contributed by atoms with Crippen molar-refractivity contribution >= 4 is 5.97 Å². The van der Waals surface area contributed by atoms with Gasteiger partial charge in [0.2, 0.25) is 0 Å². The van der Waals surface area contributed by atoms with Crippen molar-refractivity contribution in [2.24, 2.45) is 17.3 Å². The topological polar surface area (TPSA) is 52.6 Å². The third-order valence-electron chi connectivity index (χ3n) is 5.91. The summed E-state index contributed by atoms with van der Waals surface area (Å²) in [6.07, 6.45) is 4.22. The molecule has 1 saturated carbocycles. The molecule has 1 aliphatic carbocycles. The number of aliphatic carboxylic acids is 1. The van der Waals surface area contributed by atoms with E-state index < -0.39 is 5.97 Å². The Balaban J connectivity index is 1.95. The Morgan fingerprint density at radius 3 is 2.35 bits per heavy atom. The van der Waals surface area contributed by atoms with Crippen molar-refractivity contribution < 1.29 is 9.90 Å². The highest BCUT2D eigenvalue weighted by Gasteiger charge is 2.46. The zero-order valence-corrected chi connectivity index (χ0v) is 13.4. The van der Waals surface area contributed by atoms with Gasteiger partial charge >= 0.3 is 5.97 Å². The minimum absolute atomic E-state index is 0.132. The van der Waals surface area contributed by atoms with Gasteiger partial charge in [0.25, 0.3) is 0 Å². The molecule has 1 saturated heterocycles. The molecule has 0 spiro atoms. The summed E-state index contributed by atoms with van der Waals surface area (Å²) in [4.78, 5) is 13.8. The third-order valence-corrected chi connectivity index (χ3v) is 5.91. The van der Waals surface area contributed by atoms with E-state index in [2.05, 4.69) is 38.0 Å². The maximum absolute atomic E-state index is 11.4. The van der Waals surface area contributed by atoms with Gasteiger partial charge < -0.3 is 15.3 Å². The van der Waals surface area contributed by atoms with E-state index in [1.54, 1.807) is 0 Å². The van der Waals surface area contributed by atoms with Crippen molar-refractivity contribution in [3.8, 4) is 0 Å². The molecular weight excluding hydrogens is 252 g/mol. The second-order valence-electron chi connectivity index (χ2n) is 7.43. The average molecular weight is 282 g/mol. The van der Waals surface area contributed by atoms with Gasteiger partial charge in [0.15, 0.2) is 0 Å². The van der Waals surface area contributed by atoms with Crippen molar-refractivity contribution in [2.45, 2.75) is 58.5 Å². The van der Waals surface area contributed by atoms with Gasteiger partial charge in [-0.05, 0) is 57.2 Å². The van der Waals surface area contributed by atoms with E-state index in [0.29, 0.717) is 18.0 Å². The molecule has 2 fully saturated rings. The number of piperidine rings is 1. The molecule has 0 amide bonds. The molecule has 2 N–H and O–H groups in total. The third kappa shape index (κ3) is 3.17. The average Bonchev–Trinajstić information content (AvgIpc) is 2.37. The lowest BCUT2D eigenvalue weighted by atomic mass is 9.61. The molecule has 1 heterocycles. The number of carbonyl (C=O) groups is 1. The zero-order chi connectivity index (χ0) is 14.9. The van der Waals surface area contributed by atoms with Crippen molar-refractivity contribution in [1.82, 2.24) is 10.2 Å². The molecule has 116 valence electrons. The first kappa shape index (κ1) is 15.8. The zero-order valence-electron chi connectivity index (χ0n) is 13.4. The lowest BCUT2D eigenvalue weighted by Gasteiger charge is -2.48. The highest BCUT2D eigenvalue weighted by atomic mass is 16.4. The maximum atomic E-state index is 11.4. The van der Waals surface area contributed by atoms with E-state index in [0.717, 1.165) is 12.8 Å². The van der Waals surface area contributed by atoms with Crippen LogP contribution in [0.2, 0.25) is 0 Å². The standard InChI is InChI=1S/C16H30N2O2/c1-11-14(17-12-7-9-18(4)10-8-12)6-5-13(15(19)20)16(11,2)3/h11-14,17H,5-10H2,1-4H3,(H,19,20). The van der Waals surface area contributed by atoms with Gasteiger partial charge in [0, 0.05) is 12.1 Å². The summed E-state index contributed by atoms with van der Waals surface area (Å²) in [7, 11) is 2.18. The normalized spacial score (nSPS) is 35.9. The van der Waals surface area contributed by atoms with Crippen molar-refractivity contribution in [1.29, 1.82) is 0 Å². The highest BCUT2D eigenvalue weighted by Crippen LogP contribution is 2.45. The fourth-order valence-electron chi connectivity index (χ4n) is 3.95. The number of likely N-dealkylation sites (tertiary alicyclic amines) is 1. The minimum Gasteiger partial charge on any atom is -0.481 e. The van der Waals surface area contributed by atoms with E-state index in [4.69, 9.17) is 0 Å². The predicted octanol–water partition coefficient (Wildman–Crippen LogP) is 2.20. The summed E-state index contributed by atoms with van der Waals surface area (Å²) >= 11 is 0. The van der Waals surface area contributed by atoms with Crippen LogP contribution in [0.5, 0.6) is 0 Å². The highest BCUT2D eigenvalue weighted by molar-refractivity contribution is 5.71. The van der Waals surface area contributed by atoms with E-state index in [1.165, 1.54) is 25.9 Å². The van der Waals surface area contributed by atoms with Crippen LogP contribution in [0.1, 0.15) is 46.5 Å². The lowest BCUT2D eigenvalue weighted by molar-refractivity contribution is -0.150. The van der Waals surface area contributed by atoms with Gasteiger partial charge in [-0.25, -0.2) is 0 Å². The van der Waals surface area contributed by atoms with Crippen LogP contribution >= 0.6 is 0 Å². The molecule has 0 radical (unpaired) electrons. The summed E-state index contributed by atoms with van der Waals surface area (Å²) in [5.41, 5.74) is -0.132. The van der Waals surface area contributed by atoms with Gasteiger partial charge in [0.1, 0.15) is 0 Å². The number of nitrogens with zero attached hydrogens (tertiary/aromatic N) is 1. The molecule has 0 aromatic heterocycles. The quantitative estimate of drug-likeness (QED) is 0.833. The molecule has 4 nitrogen and oxygen atoms in total. The van der Waals surface area contributed by atoms with Crippen LogP contribution in [0.25, 0.3) is 0 Å². The lowest BCUT2D eigenvalue weighted by Crippen LogP contribution is -2.54. The van der Waals surface area contributed by atoms with Crippen LogP contribution in [0.3, 0.4) is 0 Å². The number of nitrogens with one attached hydrogen (secondary N) is 1. The number of carboxylic acids is 1. The van der Waals surface area contributed by atoms with Crippen molar-refractivity contribution in [2.75, 3.05) is 20.1 Å². The summed E-state index contributed by atoms with van der Waals surface area (Å²) in [6, 6.07) is 1.07. The minimum atomic E-state index is -0.625. The molecule has 4 heteroatoms. The van der Waals surface area contributed by atoms with E-state index in [9.17, 15) is 9.90 Å². The van der Waals surface area contributed by atoms with E-state index in [1.807, 2.05) is 0 Å². The van der Waals surface area contributed by atoms with Crippen LogP contribution in [0, 0.1) is 17.3 Å². The van der Waals surface area contributed by atoms with Gasteiger partial charge in [0.05, 0.1) is 5.92 Å². The fourth-order valence-corrected chi connectivity index (χ4v) is 3.95. The smallest absolute Gasteiger partial charge is 0.307 e. The summed E-state index contributed by atoms with van der Waals surface area (Å²) in [5.74, 6) is -0.426. The molecule has 2 rings (SSSR count). The second kappa shape index (κ2) is 6.02. The largest absolute Gasteiger partial charge is 0.481 e. The molecule has 0 aromatic rings. The first-order chi connectivity index (χ1) is 9.32. The number of rotatable bonds is 3. The maximum Gasteiger partial charge on any atom is 0.307 e. The van der Waals surface area contributed by atoms with Crippen molar-refractivity contribution in [3.63, 3.8) is 0 Å². The van der Waals surface area contributed by atoms with Gasteiger partial charge in [-0.1, -0.05) is 20.8 Å². The summed E-state index contributed by atoms with van der Waals surface area (Å²) < 4.78 is 0. The molecule has 3 unspecified atom stereocenters. The first-order valence-corrected chi connectivity index (χ1v) is 7.99. The van der Waals surface area contributed by atoms with E-state index in [-0.39, 0.29) is 11.3 Å². The predicted molar refractivity (Wildman–Crippen MR) is 80.7 cm³/mol. The summed E-state index contributed by atoms with van der Waals surface area (Å²) in [5, 5.41) is 13.2. The number of hydrogen-bond donors (Lipinski definition) is 2. The van der Waals surface area contributed by atoms with Crippen molar-refractivity contribution in [3.05, 3.63) is 0 Å². The van der Waals surface area contributed by atoms with Crippen LogP contribution in [-0.4, -0.2) is 48.2 Å². The van der Waals surface area contributed by atoms with Gasteiger partial charge in [-0.15, -0.1) is 0 Å². The van der Waals surface area contributed by atoms with Crippen LogP contribution in [-0.2, 0) is 4.79 Å². The fraction of sp³-hybridized carbons (Fsp3) is 0.938. The Kier molecular flexibility index (Phi) is 4.75. The van der Waals surface area contributed by atoms with Crippen LogP contribution in [0.15, 0.2) is 0 Å². The molecule has 0 bridgehead atoms. The van der Waals surface area contributed by atoms with Gasteiger partial charge in [-0.2, -0.15) is 0 Å². The molecule has 20 heavy (non-hydrogen) atoms. The van der Waals surface area contributed by atoms with E-state index >= 15 is 0 Å². The molecular formula is C16H30N2O2. The van der Waals surface area contributed by atoms with Gasteiger partial charge in [-0.3, -0.25) is 4.79 Å². The molecule has 3 atom stereocenters. The SMILES string of the molecule is CC1C(NC2CCN(C)CC2)CCC(C(=O)O)C1(C)C. The molecule has 2 aliphatic rings.